The van der Waals surface area contributed by atoms with Crippen LogP contribution < -0.4 is 0 Å². The smallest absolute Gasteiger partial charge is 0.330 e. The Labute approximate surface area is 146 Å². The van der Waals surface area contributed by atoms with Gasteiger partial charge in [-0.3, -0.25) is 0 Å². The van der Waals surface area contributed by atoms with Crippen LogP contribution in [0.1, 0.15) is 53.9 Å². The third-order valence-electron chi connectivity index (χ3n) is 5.03. The molecule has 0 saturated carbocycles. The van der Waals surface area contributed by atoms with Crippen LogP contribution in [0.15, 0.2) is 23.8 Å². The summed E-state index contributed by atoms with van der Waals surface area (Å²) in [6.07, 6.45) is 7.00. The van der Waals surface area contributed by atoms with Crippen molar-refractivity contribution in [3.63, 3.8) is 0 Å². The molecule has 0 unspecified atom stereocenters. The van der Waals surface area contributed by atoms with E-state index in [1.165, 1.54) is 11.6 Å². The minimum Gasteiger partial charge on any atom is -0.458 e. The highest BCUT2D eigenvalue weighted by atomic mass is 16.5. The fraction of sp³-hybridized carbons (Fsp3) is 0.750. The van der Waals surface area contributed by atoms with Gasteiger partial charge in [-0.05, 0) is 32.6 Å². The first-order valence-electron chi connectivity index (χ1n) is 9.03. The minimum absolute atomic E-state index is 0.0299. The first-order chi connectivity index (χ1) is 11.3. The molecule has 0 radical (unpaired) electrons. The Bertz CT molecular complexity index is 451. The number of aliphatic hydroxyl groups is 1. The van der Waals surface area contributed by atoms with Crippen LogP contribution in [0.2, 0.25) is 0 Å². The largest absolute Gasteiger partial charge is 0.458 e. The van der Waals surface area contributed by atoms with Gasteiger partial charge in [0.15, 0.2) is 0 Å². The number of methoxy groups -OCH3 is 1. The third kappa shape index (κ3) is 6.06. The first-order valence-corrected chi connectivity index (χ1v) is 9.03. The normalized spacial score (nSPS) is 25.5. The predicted octanol–water partition coefficient (Wildman–Crippen LogP) is 3.89. The maximum Gasteiger partial charge on any atom is 0.330 e. The Hall–Kier alpha value is -1.13. The molecule has 1 aliphatic heterocycles. The lowest BCUT2D eigenvalue weighted by molar-refractivity contribution is -0.149. The fourth-order valence-corrected chi connectivity index (χ4v) is 3.42. The highest BCUT2D eigenvalue weighted by Crippen LogP contribution is 2.29. The van der Waals surface area contributed by atoms with Gasteiger partial charge in [0.1, 0.15) is 6.10 Å². The van der Waals surface area contributed by atoms with E-state index in [0.717, 1.165) is 12.8 Å². The van der Waals surface area contributed by atoms with Gasteiger partial charge in [-0.25, -0.2) is 4.79 Å². The summed E-state index contributed by atoms with van der Waals surface area (Å²) in [6.45, 7) is 10.4. The molecule has 0 spiro atoms. The number of esters is 1. The lowest BCUT2D eigenvalue weighted by Gasteiger charge is -2.34. The summed E-state index contributed by atoms with van der Waals surface area (Å²) in [6, 6.07) is 0. The quantitative estimate of drug-likeness (QED) is 0.512. The number of carbonyl (C=O) groups is 1. The Balaban J connectivity index is 2.70. The molecule has 0 saturated heterocycles. The SMILES string of the molecule is CC[C@@H]1C=CC(=O)O[C@@H]1C[C@@H](O)[C@H](C)[C@H](OC)[C@@H](C)CC=C(C)C. The molecular formula is C20H34O4. The van der Waals surface area contributed by atoms with Crippen LogP contribution in [0.4, 0.5) is 0 Å². The van der Waals surface area contributed by atoms with Crippen LogP contribution in [-0.4, -0.2) is 36.5 Å². The number of hydrogen-bond acceptors (Lipinski definition) is 4. The second-order valence-electron chi connectivity index (χ2n) is 7.26. The van der Waals surface area contributed by atoms with E-state index in [0.29, 0.717) is 12.3 Å². The van der Waals surface area contributed by atoms with Crippen molar-refractivity contribution in [2.75, 3.05) is 7.11 Å². The third-order valence-corrected chi connectivity index (χ3v) is 5.03. The van der Waals surface area contributed by atoms with Gasteiger partial charge in [0.05, 0.1) is 12.2 Å². The number of ether oxygens (including phenoxy) is 2. The standard InChI is InChI=1S/C20H34O4/c1-7-16-10-11-19(22)24-18(16)12-17(21)15(5)20(23-6)14(4)9-8-13(2)3/h8,10-11,14-18,20-21H,7,9,12H2,1-6H3/t14-,15-,16+,17+,18+,20+/m0/s1. The molecule has 4 nitrogen and oxygen atoms in total. The van der Waals surface area contributed by atoms with Gasteiger partial charge in [-0.15, -0.1) is 0 Å². The molecule has 1 rings (SSSR count). The van der Waals surface area contributed by atoms with E-state index in [9.17, 15) is 9.90 Å². The highest BCUT2D eigenvalue weighted by Gasteiger charge is 2.33. The average Bonchev–Trinajstić information content (AvgIpc) is 2.53. The fourth-order valence-electron chi connectivity index (χ4n) is 3.42. The minimum atomic E-state index is -0.567. The molecule has 0 aromatic carbocycles. The number of carbonyl (C=O) groups excluding carboxylic acids is 1. The van der Waals surface area contributed by atoms with Gasteiger partial charge in [0, 0.05) is 31.4 Å². The summed E-state index contributed by atoms with van der Waals surface area (Å²) >= 11 is 0. The summed E-state index contributed by atoms with van der Waals surface area (Å²) < 4.78 is 11.1. The molecule has 1 aliphatic rings. The summed E-state index contributed by atoms with van der Waals surface area (Å²) in [7, 11) is 1.70. The Morgan fingerprint density at radius 1 is 1.42 bits per heavy atom. The zero-order valence-electron chi connectivity index (χ0n) is 16.0. The number of allylic oxidation sites excluding steroid dienone is 2. The second-order valence-corrected chi connectivity index (χ2v) is 7.26. The van der Waals surface area contributed by atoms with Crippen LogP contribution in [0.25, 0.3) is 0 Å². The number of aliphatic hydroxyl groups excluding tert-OH is 1. The van der Waals surface area contributed by atoms with Gasteiger partial charge in [-0.1, -0.05) is 38.5 Å². The molecule has 0 aliphatic carbocycles. The molecule has 1 N–H and O–H groups in total. The molecule has 4 heteroatoms. The molecule has 0 bridgehead atoms. The topological polar surface area (TPSA) is 55.8 Å². The van der Waals surface area contributed by atoms with Crippen LogP contribution in [0.3, 0.4) is 0 Å². The van der Waals surface area contributed by atoms with Gasteiger partial charge < -0.3 is 14.6 Å². The monoisotopic (exact) mass is 338 g/mol. The number of cyclic esters (lactones) is 1. The van der Waals surface area contributed by atoms with Crippen molar-refractivity contribution in [2.45, 2.75) is 72.2 Å². The predicted molar refractivity (Wildman–Crippen MR) is 96.6 cm³/mol. The molecule has 24 heavy (non-hydrogen) atoms. The molecule has 0 aromatic heterocycles. The molecule has 1 heterocycles. The first kappa shape index (κ1) is 20.9. The number of hydrogen-bond donors (Lipinski definition) is 1. The molecule has 0 amide bonds. The van der Waals surface area contributed by atoms with Crippen molar-refractivity contribution < 1.29 is 19.4 Å². The summed E-state index contributed by atoms with van der Waals surface area (Å²) in [4.78, 5) is 11.5. The summed E-state index contributed by atoms with van der Waals surface area (Å²) in [5.41, 5.74) is 1.29. The average molecular weight is 338 g/mol. The zero-order chi connectivity index (χ0) is 18.3. The van der Waals surface area contributed by atoms with Crippen LogP contribution in [0.5, 0.6) is 0 Å². The Kier molecular flexibility index (Phi) is 8.71. The maximum absolute atomic E-state index is 11.5. The zero-order valence-corrected chi connectivity index (χ0v) is 16.0. The van der Waals surface area contributed by atoms with Crippen molar-refractivity contribution in [3.05, 3.63) is 23.8 Å². The van der Waals surface area contributed by atoms with Crippen molar-refractivity contribution in [1.82, 2.24) is 0 Å². The van der Waals surface area contributed by atoms with E-state index in [-0.39, 0.29) is 30.0 Å². The highest BCUT2D eigenvalue weighted by molar-refractivity contribution is 5.82. The maximum atomic E-state index is 11.5. The van der Waals surface area contributed by atoms with E-state index in [1.54, 1.807) is 7.11 Å². The van der Waals surface area contributed by atoms with E-state index in [4.69, 9.17) is 9.47 Å². The van der Waals surface area contributed by atoms with Crippen molar-refractivity contribution in [1.29, 1.82) is 0 Å². The van der Waals surface area contributed by atoms with E-state index in [2.05, 4.69) is 33.8 Å². The van der Waals surface area contributed by atoms with Crippen molar-refractivity contribution >= 4 is 5.97 Å². The molecular weight excluding hydrogens is 304 g/mol. The molecule has 6 atom stereocenters. The van der Waals surface area contributed by atoms with E-state index in [1.807, 2.05) is 13.0 Å². The van der Waals surface area contributed by atoms with Crippen molar-refractivity contribution in [3.8, 4) is 0 Å². The van der Waals surface area contributed by atoms with Gasteiger partial charge >= 0.3 is 5.97 Å². The van der Waals surface area contributed by atoms with Crippen LogP contribution in [-0.2, 0) is 14.3 Å². The summed E-state index contributed by atoms with van der Waals surface area (Å²) in [5, 5.41) is 10.7. The second kappa shape index (κ2) is 10.00. The number of rotatable bonds is 9. The Morgan fingerprint density at radius 3 is 2.62 bits per heavy atom. The van der Waals surface area contributed by atoms with Crippen LogP contribution >= 0.6 is 0 Å². The van der Waals surface area contributed by atoms with Crippen molar-refractivity contribution in [2.24, 2.45) is 17.8 Å². The molecule has 0 aromatic rings. The van der Waals surface area contributed by atoms with E-state index < -0.39 is 6.10 Å². The molecule has 138 valence electrons. The van der Waals surface area contributed by atoms with Gasteiger partial charge in [0.2, 0.25) is 0 Å². The van der Waals surface area contributed by atoms with Crippen LogP contribution in [0, 0.1) is 17.8 Å². The lowest BCUT2D eigenvalue weighted by atomic mass is 9.83. The van der Waals surface area contributed by atoms with Gasteiger partial charge in [0.25, 0.3) is 0 Å². The summed E-state index contributed by atoms with van der Waals surface area (Å²) in [5.74, 6) is 0.140. The van der Waals surface area contributed by atoms with E-state index >= 15 is 0 Å². The lowest BCUT2D eigenvalue weighted by Crippen LogP contribution is -2.40. The Morgan fingerprint density at radius 2 is 2.08 bits per heavy atom. The molecule has 0 fully saturated rings. The van der Waals surface area contributed by atoms with Gasteiger partial charge in [-0.2, -0.15) is 0 Å².